The van der Waals surface area contributed by atoms with Crippen molar-refractivity contribution < 1.29 is 5.11 Å². The molecule has 0 rings (SSSR count). The van der Waals surface area contributed by atoms with Gasteiger partial charge in [0.2, 0.25) is 0 Å². The lowest BCUT2D eigenvalue weighted by Gasteiger charge is -2.15. The van der Waals surface area contributed by atoms with Crippen LogP contribution in [0.25, 0.3) is 0 Å². The quantitative estimate of drug-likeness (QED) is 0.605. The van der Waals surface area contributed by atoms with Crippen LogP contribution < -0.4 is 0 Å². The standard InChI is InChI=1S/C8H17NO/c1-7(5-8(2)10)6-9(3)4/h7,10H,2,5-6H2,1,3-4H3. The van der Waals surface area contributed by atoms with Crippen LogP contribution in [-0.2, 0) is 0 Å². The fourth-order valence-electron chi connectivity index (χ4n) is 1.09. The lowest BCUT2D eigenvalue weighted by molar-refractivity contribution is 0.300. The second kappa shape index (κ2) is 4.34. The molecule has 1 atom stereocenters. The molecule has 0 bridgehead atoms. The SMILES string of the molecule is C=C(O)CC(C)CN(C)C. The molecular formula is C8H17NO. The fraction of sp³-hybridized carbons (Fsp3) is 0.750. The Hall–Kier alpha value is -0.500. The third-order valence-electron chi connectivity index (χ3n) is 1.26. The number of nitrogens with zero attached hydrogens (tertiary/aromatic N) is 1. The van der Waals surface area contributed by atoms with Gasteiger partial charge in [-0.3, -0.25) is 0 Å². The van der Waals surface area contributed by atoms with E-state index in [1.54, 1.807) is 0 Å². The molecule has 0 aromatic rings. The van der Waals surface area contributed by atoms with Crippen molar-refractivity contribution in [3.05, 3.63) is 12.3 Å². The number of aliphatic hydroxyl groups is 1. The number of aliphatic hydroxyl groups excluding tert-OH is 1. The average molecular weight is 143 g/mol. The zero-order chi connectivity index (χ0) is 8.15. The minimum atomic E-state index is 0.286. The molecule has 0 aromatic carbocycles. The third-order valence-corrected chi connectivity index (χ3v) is 1.26. The van der Waals surface area contributed by atoms with Crippen LogP contribution in [-0.4, -0.2) is 30.6 Å². The number of hydrogen-bond acceptors (Lipinski definition) is 2. The van der Waals surface area contributed by atoms with Gasteiger partial charge in [0.15, 0.2) is 0 Å². The van der Waals surface area contributed by atoms with Crippen LogP contribution in [0.3, 0.4) is 0 Å². The van der Waals surface area contributed by atoms with Gasteiger partial charge in [0.1, 0.15) is 0 Å². The molecule has 0 heterocycles. The van der Waals surface area contributed by atoms with Crippen molar-refractivity contribution >= 4 is 0 Å². The van der Waals surface area contributed by atoms with E-state index >= 15 is 0 Å². The van der Waals surface area contributed by atoms with Gasteiger partial charge in [0.05, 0.1) is 5.76 Å². The summed E-state index contributed by atoms with van der Waals surface area (Å²) in [6.07, 6.45) is 0.707. The second-order valence-electron chi connectivity index (χ2n) is 3.14. The van der Waals surface area contributed by atoms with Gasteiger partial charge in [0, 0.05) is 13.0 Å². The Balaban J connectivity index is 3.43. The summed E-state index contributed by atoms with van der Waals surface area (Å²) >= 11 is 0. The molecule has 0 aromatic heterocycles. The second-order valence-corrected chi connectivity index (χ2v) is 3.14. The van der Waals surface area contributed by atoms with Gasteiger partial charge < -0.3 is 10.0 Å². The van der Waals surface area contributed by atoms with Crippen molar-refractivity contribution in [2.45, 2.75) is 13.3 Å². The van der Waals surface area contributed by atoms with Gasteiger partial charge in [-0.05, 0) is 20.0 Å². The van der Waals surface area contributed by atoms with Gasteiger partial charge in [0.25, 0.3) is 0 Å². The first-order valence-corrected chi connectivity index (χ1v) is 3.54. The van der Waals surface area contributed by atoms with E-state index < -0.39 is 0 Å². The zero-order valence-electron chi connectivity index (χ0n) is 7.09. The van der Waals surface area contributed by atoms with Crippen LogP contribution in [0.5, 0.6) is 0 Å². The Morgan fingerprint density at radius 1 is 1.60 bits per heavy atom. The predicted molar refractivity (Wildman–Crippen MR) is 44.1 cm³/mol. The molecule has 2 heteroatoms. The van der Waals surface area contributed by atoms with Crippen LogP contribution in [0.2, 0.25) is 0 Å². The largest absolute Gasteiger partial charge is 0.513 e. The lowest BCUT2D eigenvalue weighted by Crippen LogP contribution is -2.19. The molecule has 0 aliphatic carbocycles. The van der Waals surface area contributed by atoms with E-state index in [0.29, 0.717) is 12.3 Å². The Bertz CT molecular complexity index is 110. The highest BCUT2D eigenvalue weighted by molar-refractivity contribution is 4.81. The monoisotopic (exact) mass is 143 g/mol. The lowest BCUT2D eigenvalue weighted by atomic mass is 10.1. The highest BCUT2D eigenvalue weighted by Crippen LogP contribution is 2.07. The smallest absolute Gasteiger partial charge is 0.0854 e. The molecule has 0 amide bonds. The zero-order valence-corrected chi connectivity index (χ0v) is 7.09. The van der Waals surface area contributed by atoms with E-state index in [2.05, 4.69) is 18.4 Å². The Morgan fingerprint density at radius 2 is 2.10 bits per heavy atom. The summed E-state index contributed by atoms with van der Waals surface area (Å²) in [7, 11) is 4.05. The summed E-state index contributed by atoms with van der Waals surface area (Å²) in [6.45, 7) is 6.54. The highest BCUT2D eigenvalue weighted by Gasteiger charge is 2.03. The first-order chi connectivity index (χ1) is 4.52. The van der Waals surface area contributed by atoms with Gasteiger partial charge >= 0.3 is 0 Å². The molecule has 1 N–H and O–H groups in total. The van der Waals surface area contributed by atoms with Crippen molar-refractivity contribution in [2.75, 3.05) is 20.6 Å². The number of hydrogen-bond donors (Lipinski definition) is 1. The molecule has 0 saturated carbocycles. The Morgan fingerprint density at radius 3 is 2.40 bits per heavy atom. The number of rotatable bonds is 4. The van der Waals surface area contributed by atoms with Crippen LogP contribution in [0, 0.1) is 5.92 Å². The van der Waals surface area contributed by atoms with Gasteiger partial charge in [-0.15, -0.1) is 0 Å². The summed E-state index contributed by atoms with van der Waals surface area (Å²) in [5.41, 5.74) is 0. The molecule has 0 fully saturated rings. The summed E-state index contributed by atoms with van der Waals surface area (Å²) in [5.74, 6) is 0.779. The van der Waals surface area contributed by atoms with Crippen LogP contribution >= 0.6 is 0 Å². The fourth-order valence-corrected chi connectivity index (χ4v) is 1.09. The van der Waals surface area contributed by atoms with E-state index in [4.69, 9.17) is 5.11 Å². The van der Waals surface area contributed by atoms with E-state index in [9.17, 15) is 0 Å². The van der Waals surface area contributed by atoms with E-state index in [1.807, 2.05) is 14.1 Å². The Labute approximate surface area is 63.2 Å². The maximum absolute atomic E-state index is 8.82. The van der Waals surface area contributed by atoms with Gasteiger partial charge in [-0.25, -0.2) is 0 Å². The average Bonchev–Trinajstić information content (AvgIpc) is 1.58. The summed E-state index contributed by atoms with van der Waals surface area (Å²) in [4.78, 5) is 2.10. The van der Waals surface area contributed by atoms with Gasteiger partial charge in [-0.2, -0.15) is 0 Å². The van der Waals surface area contributed by atoms with Crippen LogP contribution in [0.4, 0.5) is 0 Å². The molecule has 1 unspecified atom stereocenters. The molecule has 0 aliphatic heterocycles. The van der Waals surface area contributed by atoms with Crippen LogP contribution in [0.15, 0.2) is 12.3 Å². The van der Waals surface area contributed by atoms with Crippen molar-refractivity contribution in [1.82, 2.24) is 4.90 Å². The van der Waals surface area contributed by atoms with Crippen molar-refractivity contribution in [2.24, 2.45) is 5.92 Å². The van der Waals surface area contributed by atoms with E-state index in [1.165, 1.54) is 0 Å². The molecule has 0 aliphatic rings. The maximum Gasteiger partial charge on any atom is 0.0854 e. The minimum Gasteiger partial charge on any atom is -0.513 e. The predicted octanol–water partition coefficient (Wildman–Crippen LogP) is 1.65. The van der Waals surface area contributed by atoms with Crippen molar-refractivity contribution in [1.29, 1.82) is 0 Å². The molecule has 2 nitrogen and oxygen atoms in total. The molecule has 0 saturated heterocycles. The minimum absolute atomic E-state index is 0.286. The molecule has 60 valence electrons. The molecule has 0 spiro atoms. The topological polar surface area (TPSA) is 23.5 Å². The molecule has 10 heavy (non-hydrogen) atoms. The maximum atomic E-state index is 8.82. The summed E-state index contributed by atoms with van der Waals surface area (Å²) in [5, 5.41) is 8.82. The molecular weight excluding hydrogens is 126 g/mol. The normalized spacial score (nSPS) is 13.6. The molecule has 0 radical (unpaired) electrons. The van der Waals surface area contributed by atoms with Crippen molar-refractivity contribution in [3.63, 3.8) is 0 Å². The number of allylic oxidation sites excluding steroid dienone is 1. The third kappa shape index (κ3) is 5.63. The van der Waals surface area contributed by atoms with Crippen LogP contribution in [0.1, 0.15) is 13.3 Å². The first-order valence-electron chi connectivity index (χ1n) is 3.54. The van der Waals surface area contributed by atoms with E-state index in [-0.39, 0.29) is 5.76 Å². The van der Waals surface area contributed by atoms with Gasteiger partial charge in [-0.1, -0.05) is 13.5 Å². The Kier molecular flexibility index (Phi) is 4.12. The van der Waals surface area contributed by atoms with E-state index in [0.717, 1.165) is 6.54 Å². The summed E-state index contributed by atoms with van der Waals surface area (Å²) < 4.78 is 0. The first kappa shape index (κ1) is 9.50. The highest BCUT2D eigenvalue weighted by atomic mass is 16.3. The van der Waals surface area contributed by atoms with Crippen molar-refractivity contribution in [3.8, 4) is 0 Å². The summed E-state index contributed by atoms with van der Waals surface area (Å²) in [6, 6.07) is 0.